The molecule has 0 saturated heterocycles. The molecule has 5 nitrogen and oxygen atoms in total. The Bertz CT molecular complexity index is 1010. The maximum absolute atomic E-state index is 12.3. The van der Waals surface area contributed by atoms with Gasteiger partial charge in [0.15, 0.2) is 6.10 Å². The van der Waals surface area contributed by atoms with E-state index < -0.39 is 6.10 Å². The first kappa shape index (κ1) is 14.5. The van der Waals surface area contributed by atoms with Gasteiger partial charge < -0.3 is 15.0 Å². The van der Waals surface area contributed by atoms with Crippen LogP contribution in [0.3, 0.4) is 0 Å². The molecule has 0 saturated carbocycles. The van der Waals surface area contributed by atoms with Crippen molar-refractivity contribution < 1.29 is 9.53 Å². The van der Waals surface area contributed by atoms with Crippen LogP contribution in [0.15, 0.2) is 53.3 Å². The Hall–Kier alpha value is -3.08. The first-order valence-corrected chi connectivity index (χ1v) is 7.81. The fraction of sp³-hybridized carbons (Fsp3) is 0.158. The number of carbonyl (C=O) groups is 1. The van der Waals surface area contributed by atoms with Crippen molar-refractivity contribution >= 4 is 22.5 Å². The van der Waals surface area contributed by atoms with Crippen LogP contribution in [0, 0.1) is 0 Å². The van der Waals surface area contributed by atoms with E-state index in [1.54, 1.807) is 6.92 Å². The van der Waals surface area contributed by atoms with Gasteiger partial charge in [0, 0.05) is 17.5 Å². The Morgan fingerprint density at radius 2 is 1.92 bits per heavy atom. The Morgan fingerprint density at radius 1 is 1.08 bits per heavy atom. The second-order valence-electron chi connectivity index (χ2n) is 5.97. The number of nitrogens with one attached hydrogen (secondary N) is 2. The van der Waals surface area contributed by atoms with E-state index in [0.717, 1.165) is 16.5 Å². The number of hydrogen-bond donors (Lipinski definition) is 2. The van der Waals surface area contributed by atoms with Gasteiger partial charge in [0.2, 0.25) is 0 Å². The number of ether oxygens (including phenoxy) is 1. The van der Waals surface area contributed by atoms with Crippen LogP contribution in [-0.2, 0) is 11.2 Å². The number of aromatic nitrogens is 1. The number of amides is 1. The Labute approximate surface area is 138 Å². The summed E-state index contributed by atoms with van der Waals surface area (Å²) >= 11 is 0. The number of hydrogen-bond acceptors (Lipinski definition) is 3. The molecular formula is C19H16N2O3. The predicted octanol–water partition coefficient (Wildman–Crippen LogP) is 2.84. The van der Waals surface area contributed by atoms with Crippen molar-refractivity contribution in [1.29, 1.82) is 0 Å². The van der Waals surface area contributed by atoms with Crippen LogP contribution in [0.1, 0.15) is 18.1 Å². The lowest BCUT2D eigenvalue weighted by molar-refractivity contribution is -0.122. The van der Waals surface area contributed by atoms with Gasteiger partial charge in [0.1, 0.15) is 5.75 Å². The standard InChI is InChI=1S/C19H16N2O3/c1-11-18(22)21-16-9-12(6-7-17(16)24-11)8-14-10-13-4-2-3-5-15(13)20-19(14)23/h2-7,9-11H,8H2,1H3,(H,20,23)(H,21,22)/t11-/m1/s1. The summed E-state index contributed by atoms with van der Waals surface area (Å²) in [6.45, 7) is 1.71. The van der Waals surface area contributed by atoms with Gasteiger partial charge in [-0.3, -0.25) is 9.59 Å². The van der Waals surface area contributed by atoms with Crippen LogP contribution >= 0.6 is 0 Å². The molecule has 2 heterocycles. The summed E-state index contributed by atoms with van der Waals surface area (Å²) in [7, 11) is 0. The molecule has 1 amide bonds. The molecule has 0 bridgehead atoms. The van der Waals surface area contributed by atoms with Crippen molar-refractivity contribution in [2.24, 2.45) is 0 Å². The maximum Gasteiger partial charge on any atom is 0.265 e. The van der Waals surface area contributed by atoms with E-state index >= 15 is 0 Å². The summed E-state index contributed by atoms with van der Waals surface area (Å²) in [5.74, 6) is 0.487. The molecule has 1 aliphatic rings. The Balaban J connectivity index is 1.69. The van der Waals surface area contributed by atoms with Gasteiger partial charge in [-0.15, -0.1) is 0 Å². The number of pyridine rings is 1. The number of fused-ring (bicyclic) bond motifs is 2. The smallest absolute Gasteiger partial charge is 0.265 e. The molecule has 1 aliphatic heterocycles. The first-order valence-electron chi connectivity index (χ1n) is 7.81. The zero-order valence-electron chi connectivity index (χ0n) is 13.1. The molecule has 5 heteroatoms. The highest BCUT2D eigenvalue weighted by atomic mass is 16.5. The fourth-order valence-electron chi connectivity index (χ4n) is 2.91. The van der Waals surface area contributed by atoms with Crippen molar-refractivity contribution in [3.05, 3.63) is 70.0 Å². The number of H-pyrrole nitrogens is 1. The summed E-state index contributed by atoms with van der Waals surface area (Å²) in [5.41, 5.74) is 3.00. The highest BCUT2D eigenvalue weighted by Gasteiger charge is 2.23. The third kappa shape index (κ3) is 2.54. The van der Waals surface area contributed by atoms with E-state index in [4.69, 9.17) is 4.74 Å². The third-order valence-corrected chi connectivity index (χ3v) is 4.20. The minimum absolute atomic E-state index is 0.0969. The third-order valence-electron chi connectivity index (χ3n) is 4.20. The van der Waals surface area contributed by atoms with Crippen LogP contribution in [0.25, 0.3) is 10.9 Å². The van der Waals surface area contributed by atoms with Gasteiger partial charge in [0.25, 0.3) is 11.5 Å². The minimum atomic E-state index is -0.494. The van der Waals surface area contributed by atoms with Crippen LogP contribution in [-0.4, -0.2) is 17.0 Å². The quantitative estimate of drug-likeness (QED) is 0.763. The van der Waals surface area contributed by atoms with E-state index in [0.29, 0.717) is 23.4 Å². The number of para-hydroxylation sites is 1. The number of rotatable bonds is 2. The van der Waals surface area contributed by atoms with Gasteiger partial charge in [-0.2, -0.15) is 0 Å². The van der Waals surface area contributed by atoms with Gasteiger partial charge in [-0.05, 0) is 42.1 Å². The molecule has 0 unspecified atom stereocenters. The second-order valence-corrected chi connectivity index (χ2v) is 5.97. The van der Waals surface area contributed by atoms with Gasteiger partial charge in [-0.1, -0.05) is 24.3 Å². The minimum Gasteiger partial charge on any atom is -0.479 e. The van der Waals surface area contributed by atoms with Crippen molar-refractivity contribution in [2.45, 2.75) is 19.4 Å². The summed E-state index contributed by atoms with van der Waals surface area (Å²) in [6.07, 6.45) is -0.00882. The second kappa shape index (κ2) is 5.53. The van der Waals surface area contributed by atoms with Crippen molar-refractivity contribution in [3.63, 3.8) is 0 Å². The zero-order chi connectivity index (χ0) is 16.7. The topological polar surface area (TPSA) is 71.2 Å². The number of benzene rings is 2. The van der Waals surface area contributed by atoms with E-state index in [1.807, 2.05) is 48.5 Å². The van der Waals surface area contributed by atoms with Gasteiger partial charge in [-0.25, -0.2) is 0 Å². The monoisotopic (exact) mass is 320 g/mol. The molecule has 1 aromatic heterocycles. The SMILES string of the molecule is C[C@H]1Oc2ccc(Cc3cc4ccccc4[nH]c3=O)cc2NC1=O. The average Bonchev–Trinajstić information content (AvgIpc) is 2.57. The Morgan fingerprint density at radius 3 is 2.79 bits per heavy atom. The van der Waals surface area contributed by atoms with Gasteiger partial charge >= 0.3 is 0 Å². The molecule has 0 aliphatic carbocycles. The maximum atomic E-state index is 12.3. The Kier molecular flexibility index (Phi) is 3.34. The lowest BCUT2D eigenvalue weighted by atomic mass is 10.0. The highest BCUT2D eigenvalue weighted by molar-refractivity contribution is 5.97. The molecule has 24 heavy (non-hydrogen) atoms. The van der Waals surface area contributed by atoms with E-state index in [1.165, 1.54) is 0 Å². The van der Waals surface area contributed by atoms with E-state index in [2.05, 4.69) is 10.3 Å². The zero-order valence-corrected chi connectivity index (χ0v) is 13.1. The van der Waals surface area contributed by atoms with Gasteiger partial charge in [0.05, 0.1) is 5.69 Å². The number of carbonyl (C=O) groups excluding carboxylic acids is 1. The first-order chi connectivity index (χ1) is 11.6. The molecule has 0 fully saturated rings. The fourth-order valence-corrected chi connectivity index (χ4v) is 2.91. The number of aromatic amines is 1. The molecule has 0 spiro atoms. The average molecular weight is 320 g/mol. The summed E-state index contributed by atoms with van der Waals surface area (Å²) in [5, 5.41) is 3.83. The van der Waals surface area contributed by atoms with Crippen molar-refractivity contribution in [2.75, 3.05) is 5.32 Å². The lowest BCUT2D eigenvalue weighted by Gasteiger charge is -2.23. The van der Waals surface area contributed by atoms with E-state index in [-0.39, 0.29) is 11.5 Å². The molecule has 2 aromatic carbocycles. The van der Waals surface area contributed by atoms with Crippen LogP contribution < -0.4 is 15.6 Å². The van der Waals surface area contributed by atoms with Crippen LogP contribution in [0.4, 0.5) is 5.69 Å². The molecular weight excluding hydrogens is 304 g/mol. The number of anilines is 1. The van der Waals surface area contributed by atoms with Crippen molar-refractivity contribution in [3.8, 4) is 5.75 Å². The normalized spacial score (nSPS) is 16.4. The summed E-state index contributed by atoms with van der Waals surface area (Å²) in [4.78, 5) is 26.9. The van der Waals surface area contributed by atoms with Crippen molar-refractivity contribution in [1.82, 2.24) is 4.98 Å². The molecule has 0 radical (unpaired) electrons. The van der Waals surface area contributed by atoms with Crippen LogP contribution in [0.5, 0.6) is 5.75 Å². The molecule has 4 rings (SSSR count). The lowest BCUT2D eigenvalue weighted by Crippen LogP contribution is -2.34. The summed E-state index contributed by atoms with van der Waals surface area (Å²) in [6, 6.07) is 15.2. The molecule has 1 atom stereocenters. The van der Waals surface area contributed by atoms with Crippen LogP contribution in [0.2, 0.25) is 0 Å². The summed E-state index contributed by atoms with van der Waals surface area (Å²) < 4.78 is 5.55. The molecule has 2 N–H and O–H groups in total. The highest BCUT2D eigenvalue weighted by Crippen LogP contribution is 2.31. The predicted molar refractivity (Wildman–Crippen MR) is 92.5 cm³/mol. The molecule has 3 aromatic rings. The largest absolute Gasteiger partial charge is 0.479 e. The van der Waals surface area contributed by atoms with E-state index in [9.17, 15) is 9.59 Å². The molecule has 120 valence electrons.